The topological polar surface area (TPSA) is 72.4 Å². The van der Waals surface area contributed by atoms with Crippen molar-refractivity contribution < 1.29 is 14.3 Å². The number of methoxy groups -OCH3 is 1. The van der Waals surface area contributed by atoms with Gasteiger partial charge in [0, 0.05) is 18.7 Å². The van der Waals surface area contributed by atoms with Crippen LogP contribution < -0.4 is 9.47 Å². The molecule has 7 nitrogen and oxygen atoms in total. The van der Waals surface area contributed by atoms with Crippen LogP contribution in [0.25, 0.3) is 11.4 Å². The van der Waals surface area contributed by atoms with E-state index in [1.165, 1.54) is 5.56 Å². The lowest BCUT2D eigenvalue weighted by molar-refractivity contribution is -0.132. The number of amides is 1. The minimum absolute atomic E-state index is 0.00900. The Kier molecular flexibility index (Phi) is 5.85. The quantitative estimate of drug-likeness (QED) is 0.612. The number of H-pyrrole nitrogens is 1. The normalized spacial score (nSPS) is 13.1. The number of nitrogens with zero attached hydrogens (tertiary/aromatic N) is 3. The first kappa shape index (κ1) is 20.2. The average molecular weight is 425 g/mol. The fourth-order valence-electron chi connectivity index (χ4n) is 3.66. The van der Waals surface area contributed by atoms with Crippen LogP contribution in [-0.2, 0) is 24.3 Å². The van der Waals surface area contributed by atoms with Crippen molar-refractivity contribution in [1.82, 2.24) is 19.7 Å². The molecule has 1 aliphatic rings. The van der Waals surface area contributed by atoms with Gasteiger partial charge in [0.25, 0.3) is 0 Å². The van der Waals surface area contributed by atoms with Gasteiger partial charge in [-0.25, -0.2) is 0 Å². The minimum atomic E-state index is 0.00900. The molecule has 0 radical (unpaired) electrons. The van der Waals surface area contributed by atoms with Gasteiger partial charge in [-0.2, -0.15) is 5.10 Å². The number of rotatable bonds is 6. The minimum Gasteiger partial charge on any atom is -0.497 e. The van der Waals surface area contributed by atoms with E-state index in [0.29, 0.717) is 30.3 Å². The predicted octanol–water partition coefficient (Wildman–Crippen LogP) is 3.60. The summed E-state index contributed by atoms with van der Waals surface area (Å²) < 4.78 is 13.0. The van der Waals surface area contributed by atoms with Crippen LogP contribution in [0, 0.1) is 4.77 Å². The first-order chi connectivity index (χ1) is 14.6. The van der Waals surface area contributed by atoms with Crippen molar-refractivity contribution in [2.45, 2.75) is 26.4 Å². The van der Waals surface area contributed by atoms with E-state index >= 15 is 0 Å². The lowest BCUT2D eigenvalue weighted by Gasteiger charge is -2.29. The number of aromatic nitrogens is 3. The third-order valence-corrected chi connectivity index (χ3v) is 5.57. The number of carbonyl (C=O) groups is 1. The van der Waals surface area contributed by atoms with E-state index in [-0.39, 0.29) is 12.5 Å². The predicted molar refractivity (Wildman–Crippen MR) is 116 cm³/mol. The Labute approximate surface area is 180 Å². The third kappa shape index (κ3) is 4.09. The Morgan fingerprint density at radius 3 is 2.67 bits per heavy atom. The maximum Gasteiger partial charge on any atom is 0.242 e. The van der Waals surface area contributed by atoms with E-state index in [4.69, 9.17) is 21.7 Å². The van der Waals surface area contributed by atoms with Crippen LogP contribution >= 0.6 is 12.2 Å². The van der Waals surface area contributed by atoms with Crippen LogP contribution in [0.5, 0.6) is 11.5 Å². The van der Waals surface area contributed by atoms with Crippen molar-refractivity contribution in [2.75, 3.05) is 20.3 Å². The van der Waals surface area contributed by atoms with Gasteiger partial charge in [0.15, 0.2) is 10.6 Å². The first-order valence-corrected chi connectivity index (χ1v) is 10.3. The van der Waals surface area contributed by atoms with Crippen molar-refractivity contribution in [2.24, 2.45) is 0 Å². The molecule has 3 aromatic rings. The number of aromatic amines is 1. The van der Waals surface area contributed by atoms with Gasteiger partial charge in [0.2, 0.25) is 5.91 Å². The highest BCUT2D eigenvalue weighted by molar-refractivity contribution is 7.71. The summed E-state index contributed by atoms with van der Waals surface area (Å²) in [6, 6.07) is 13.6. The monoisotopic (exact) mass is 424 g/mol. The number of benzene rings is 2. The molecule has 4 rings (SSSR count). The number of hydrogen-bond acceptors (Lipinski definition) is 5. The molecule has 0 fully saturated rings. The van der Waals surface area contributed by atoms with E-state index in [9.17, 15) is 4.79 Å². The molecule has 1 aliphatic heterocycles. The van der Waals surface area contributed by atoms with Crippen molar-refractivity contribution in [3.63, 3.8) is 0 Å². The van der Waals surface area contributed by atoms with Gasteiger partial charge >= 0.3 is 0 Å². The van der Waals surface area contributed by atoms with E-state index in [1.54, 1.807) is 11.7 Å². The van der Waals surface area contributed by atoms with Crippen LogP contribution in [-0.4, -0.2) is 45.8 Å². The lowest BCUT2D eigenvalue weighted by atomic mass is 9.99. The smallest absolute Gasteiger partial charge is 0.242 e. The molecule has 0 saturated heterocycles. The number of ether oxygens (including phenoxy) is 2. The van der Waals surface area contributed by atoms with Gasteiger partial charge in [-0.3, -0.25) is 14.5 Å². The molecule has 0 spiro atoms. The molecular formula is C22H24N4O3S. The Bertz CT molecular complexity index is 1100. The molecule has 156 valence electrons. The summed E-state index contributed by atoms with van der Waals surface area (Å²) in [6.07, 6.45) is 0.829. The lowest BCUT2D eigenvalue weighted by Crippen LogP contribution is -2.38. The van der Waals surface area contributed by atoms with Crippen LogP contribution in [0.4, 0.5) is 0 Å². The Morgan fingerprint density at radius 1 is 1.17 bits per heavy atom. The maximum absolute atomic E-state index is 13.1. The molecule has 0 bridgehead atoms. The Hall–Kier alpha value is -3.13. The standard InChI is InChI=1S/C22H24N4O3S/c1-3-29-19-9-4-15-10-11-25(13-17(15)12-19)20(27)14-26-21(23-24-22(26)30)16-5-7-18(28-2)8-6-16/h4-9,12H,3,10-11,13-14H2,1-2H3,(H,24,30). The van der Waals surface area contributed by atoms with Crippen molar-refractivity contribution in [3.05, 3.63) is 58.4 Å². The molecule has 30 heavy (non-hydrogen) atoms. The third-order valence-electron chi connectivity index (χ3n) is 5.25. The van der Waals surface area contributed by atoms with Crippen molar-refractivity contribution in [3.8, 4) is 22.9 Å². The zero-order valence-corrected chi connectivity index (χ0v) is 17.9. The largest absolute Gasteiger partial charge is 0.497 e. The van der Waals surface area contributed by atoms with Gasteiger partial charge in [0.1, 0.15) is 18.0 Å². The van der Waals surface area contributed by atoms with E-state index in [1.807, 2.05) is 48.2 Å². The second-order valence-corrected chi connectivity index (χ2v) is 7.48. The van der Waals surface area contributed by atoms with E-state index < -0.39 is 0 Å². The van der Waals surface area contributed by atoms with Crippen LogP contribution in [0.2, 0.25) is 0 Å². The molecule has 2 heterocycles. The van der Waals surface area contributed by atoms with Gasteiger partial charge in [0.05, 0.1) is 13.7 Å². The zero-order valence-electron chi connectivity index (χ0n) is 17.1. The number of nitrogens with one attached hydrogen (secondary N) is 1. The van der Waals surface area contributed by atoms with Gasteiger partial charge < -0.3 is 14.4 Å². The van der Waals surface area contributed by atoms with Gasteiger partial charge in [-0.05, 0) is 73.1 Å². The average Bonchev–Trinajstić information content (AvgIpc) is 3.13. The highest BCUT2D eigenvalue weighted by Crippen LogP contribution is 2.25. The van der Waals surface area contributed by atoms with Crippen LogP contribution in [0.1, 0.15) is 18.1 Å². The molecule has 1 N–H and O–H groups in total. The highest BCUT2D eigenvalue weighted by Gasteiger charge is 2.23. The first-order valence-electron chi connectivity index (χ1n) is 9.91. The summed E-state index contributed by atoms with van der Waals surface area (Å²) in [6.45, 7) is 3.97. The molecule has 8 heteroatoms. The summed E-state index contributed by atoms with van der Waals surface area (Å²) >= 11 is 5.38. The van der Waals surface area contributed by atoms with Crippen molar-refractivity contribution >= 4 is 18.1 Å². The molecule has 0 aliphatic carbocycles. The van der Waals surface area contributed by atoms with E-state index in [2.05, 4.69) is 16.3 Å². The van der Waals surface area contributed by atoms with Crippen LogP contribution in [0.15, 0.2) is 42.5 Å². The molecule has 2 aromatic carbocycles. The van der Waals surface area contributed by atoms with Gasteiger partial charge in [-0.15, -0.1) is 0 Å². The maximum atomic E-state index is 13.1. The number of hydrogen-bond donors (Lipinski definition) is 1. The van der Waals surface area contributed by atoms with Crippen molar-refractivity contribution in [1.29, 1.82) is 0 Å². The second kappa shape index (κ2) is 8.71. The number of carbonyl (C=O) groups excluding carboxylic acids is 1. The fraction of sp³-hybridized carbons (Fsp3) is 0.318. The summed E-state index contributed by atoms with van der Waals surface area (Å²) in [5.74, 6) is 2.24. The molecule has 1 aromatic heterocycles. The zero-order chi connectivity index (χ0) is 21.1. The van der Waals surface area contributed by atoms with Gasteiger partial charge in [-0.1, -0.05) is 6.07 Å². The fourth-order valence-corrected chi connectivity index (χ4v) is 3.86. The molecule has 1 amide bonds. The molecule has 0 unspecified atom stereocenters. The highest BCUT2D eigenvalue weighted by atomic mass is 32.1. The molecule has 0 saturated carbocycles. The summed E-state index contributed by atoms with van der Waals surface area (Å²) in [5, 5.41) is 7.13. The molecule has 0 atom stereocenters. The Morgan fingerprint density at radius 2 is 1.93 bits per heavy atom. The number of fused-ring (bicyclic) bond motifs is 1. The summed E-state index contributed by atoms with van der Waals surface area (Å²) in [7, 11) is 1.62. The summed E-state index contributed by atoms with van der Waals surface area (Å²) in [4.78, 5) is 15.0. The summed E-state index contributed by atoms with van der Waals surface area (Å²) in [5.41, 5.74) is 3.26. The van der Waals surface area contributed by atoms with Crippen LogP contribution in [0.3, 0.4) is 0 Å². The Balaban J connectivity index is 1.53. The molecular weight excluding hydrogens is 400 g/mol. The SMILES string of the molecule is CCOc1ccc2c(c1)CN(C(=O)Cn1c(-c3ccc(OC)cc3)n[nH]c1=S)CC2. The second-order valence-electron chi connectivity index (χ2n) is 7.10. The van der Waals surface area contributed by atoms with E-state index in [0.717, 1.165) is 29.0 Å².